The molecular formula is C27H20FN5. The van der Waals surface area contributed by atoms with Gasteiger partial charge < -0.3 is 4.98 Å². The van der Waals surface area contributed by atoms with Crippen molar-refractivity contribution in [1.29, 1.82) is 0 Å². The van der Waals surface area contributed by atoms with Gasteiger partial charge in [0.05, 0.1) is 11.4 Å². The first kappa shape index (κ1) is 19.4. The summed E-state index contributed by atoms with van der Waals surface area (Å²) in [6.07, 6.45) is 10.3. The van der Waals surface area contributed by atoms with Crippen LogP contribution in [0.1, 0.15) is 23.7 Å². The fourth-order valence-corrected chi connectivity index (χ4v) is 4.38. The molecule has 4 heterocycles. The van der Waals surface area contributed by atoms with Gasteiger partial charge in [-0.1, -0.05) is 29.9 Å². The van der Waals surface area contributed by atoms with Gasteiger partial charge in [0.2, 0.25) is 0 Å². The highest BCUT2D eigenvalue weighted by Crippen LogP contribution is 2.36. The molecule has 0 saturated heterocycles. The number of rotatable bonds is 3. The molecule has 0 radical (unpaired) electrons. The smallest absolute Gasteiger partial charge is 0.181 e. The molecule has 6 heteroatoms. The number of allylic oxidation sites excluding steroid dienone is 3. The Balaban J connectivity index is 1.49. The molecular weight excluding hydrogens is 413 g/mol. The molecule has 1 aliphatic carbocycles. The van der Waals surface area contributed by atoms with Crippen molar-refractivity contribution in [3.8, 4) is 22.5 Å². The summed E-state index contributed by atoms with van der Waals surface area (Å²) in [5, 5.41) is 8.51. The Morgan fingerprint density at radius 1 is 0.939 bits per heavy atom. The SMILES string of the molecule is CC1=CC=C(c2cccc(F)c2)c2cc(-c3[nH]nc4ncc(-c5ccncc5)cc34)[nH]c2C1. The first-order valence-electron chi connectivity index (χ1n) is 10.8. The molecule has 1 aromatic carbocycles. The Morgan fingerprint density at radius 3 is 2.67 bits per heavy atom. The summed E-state index contributed by atoms with van der Waals surface area (Å²) in [6.45, 7) is 2.10. The fourth-order valence-electron chi connectivity index (χ4n) is 4.38. The summed E-state index contributed by atoms with van der Waals surface area (Å²) in [6, 6.07) is 14.9. The van der Waals surface area contributed by atoms with Crippen LogP contribution in [-0.4, -0.2) is 25.1 Å². The maximum atomic E-state index is 14.0. The largest absolute Gasteiger partial charge is 0.356 e. The van der Waals surface area contributed by atoms with Crippen molar-refractivity contribution in [1.82, 2.24) is 25.1 Å². The second kappa shape index (κ2) is 7.67. The molecule has 33 heavy (non-hydrogen) atoms. The van der Waals surface area contributed by atoms with Gasteiger partial charge in [-0.25, -0.2) is 9.37 Å². The average molecular weight is 433 g/mol. The summed E-state index contributed by atoms with van der Waals surface area (Å²) < 4.78 is 14.0. The minimum Gasteiger partial charge on any atom is -0.356 e. The van der Waals surface area contributed by atoms with Crippen LogP contribution in [0.15, 0.2) is 84.8 Å². The third-order valence-electron chi connectivity index (χ3n) is 6.01. The summed E-state index contributed by atoms with van der Waals surface area (Å²) >= 11 is 0. The molecule has 6 rings (SSSR count). The average Bonchev–Trinajstić information content (AvgIpc) is 3.40. The second-order valence-electron chi connectivity index (χ2n) is 8.29. The molecule has 0 saturated carbocycles. The van der Waals surface area contributed by atoms with Gasteiger partial charge in [-0.05, 0) is 60.0 Å². The lowest BCUT2D eigenvalue weighted by Crippen LogP contribution is -1.92. The number of hydrogen-bond acceptors (Lipinski definition) is 3. The maximum Gasteiger partial charge on any atom is 0.181 e. The van der Waals surface area contributed by atoms with Crippen LogP contribution >= 0.6 is 0 Å². The van der Waals surface area contributed by atoms with E-state index in [2.05, 4.69) is 56.4 Å². The molecule has 4 aromatic heterocycles. The number of nitrogens with zero attached hydrogens (tertiary/aromatic N) is 3. The van der Waals surface area contributed by atoms with Crippen molar-refractivity contribution in [2.75, 3.05) is 0 Å². The van der Waals surface area contributed by atoms with Gasteiger partial charge in [-0.3, -0.25) is 10.1 Å². The normalized spacial score (nSPS) is 13.4. The number of halogens is 1. The van der Waals surface area contributed by atoms with Crippen molar-refractivity contribution in [3.05, 3.63) is 107 Å². The lowest BCUT2D eigenvalue weighted by Gasteiger charge is -2.07. The quantitative estimate of drug-likeness (QED) is 0.362. The topological polar surface area (TPSA) is 70.2 Å². The van der Waals surface area contributed by atoms with Crippen molar-refractivity contribution >= 4 is 16.6 Å². The highest BCUT2D eigenvalue weighted by Gasteiger charge is 2.20. The van der Waals surface area contributed by atoms with Gasteiger partial charge in [-0.15, -0.1) is 0 Å². The van der Waals surface area contributed by atoms with E-state index in [0.717, 1.165) is 56.7 Å². The van der Waals surface area contributed by atoms with E-state index in [1.807, 2.05) is 24.4 Å². The Bertz CT molecular complexity index is 1560. The van der Waals surface area contributed by atoms with Crippen LogP contribution in [0.2, 0.25) is 0 Å². The van der Waals surface area contributed by atoms with Crippen LogP contribution in [0.25, 0.3) is 39.1 Å². The molecule has 0 fully saturated rings. The zero-order valence-corrected chi connectivity index (χ0v) is 17.9. The fraction of sp³-hybridized carbons (Fsp3) is 0.0741. The lowest BCUT2D eigenvalue weighted by atomic mass is 9.97. The summed E-state index contributed by atoms with van der Waals surface area (Å²) in [5.74, 6) is -0.245. The lowest BCUT2D eigenvalue weighted by molar-refractivity contribution is 0.627. The van der Waals surface area contributed by atoms with Gasteiger partial charge >= 0.3 is 0 Å². The Kier molecular flexibility index (Phi) is 4.50. The number of H-pyrrole nitrogens is 2. The van der Waals surface area contributed by atoms with Crippen LogP contribution in [0.4, 0.5) is 4.39 Å². The van der Waals surface area contributed by atoms with Crippen LogP contribution < -0.4 is 0 Å². The Hall–Kier alpha value is -4.32. The predicted octanol–water partition coefficient (Wildman–Crippen LogP) is 6.09. The summed E-state index contributed by atoms with van der Waals surface area (Å²) in [4.78, 5) is 12.2. The van der Waals surface area contributed by atoms with Crippen LogP contribution in [0.3, 0.4) is 0 Å². The van der Waals surface area contributed by atoms with Crippen LogP contribution in [-0.2, 0) is 6.42 Å². The van der Waals surface area contributed by atoms with Gasteiger partial charge in [0, 0.05) is 47.2 Å². The first-order valence-corrected chi connectivity index (χ1v) is 10.8. The number of nitrogens with one attached hydrogen (secondary N) is 2. The number of hydrogen-bond donors (Lipinski definition) is 2. The van der Waals surface area contributed by atoms with Crippen LogP contribution in [0, 0.1) is 5.82 Å². The van der Waals surface area contributed by atoms with Gasteiger partial charge in [0.15, 0.2) is 5.65 Å². The zero-order valence-electron chi connectivity index (χ0n) is 17.9. The number of aromatic nitrogens is 5. The van der Waals surface area contributed by atoms with Crippen molar-refractivity contribution in [2.24, 2.45) is 0 Å². The van der Waals surface area contributed by atoms with E-state index in [-0.39, 0.29) is 5.82 Å². The van der Waals surface area contributed by atoms with Crippen molar-refractivity contribution in [3.63, 3.8) is 0 Å². The molecule has 2 N–H and O–H groups in total. The minimum absolute atomic E-state index is 0.245. The third-order valence-corrected chi connectivity index (χ3v) is 6.01. The molecule has 0 bridgehead atoms. The molecule has 160 valence electrons. The van der Waals surface area contributed by atoms with E-state index < -0.39 is 0 Å². The van der Waals surface area contributed by atoms with E-state index in [1.54, 1.807) is 24.5 Å². The van der Waals surface area contributed by atoms with Crippen LogP contribution in [0.5, 0.6) is 0 Å². The van der Waals surface area contributed by atoms with E-state index >= 15 is 0 Å². The summed E-state index contributed by atoms with van der Waals surface area (Å²) in [5.41, 5.74) is 9.72. The number of benzene rings is 1. The molecule has 0 atom stereocenters. The van der Waals surface area contributed by atoms with Crippen molar-refractivity contribution < 1.29 is 4.39 Å². The monoisotopic (exact) mass is 433 g/mol. The third kappa shape index (κ3) is 3.46. The standard InChI is InChI=1S/C27H20FN5/c1-16-5-6-21(18-3-2-4-20(28)12-18)22-14-25(31-24(22)11-16)26-23-13-19(15-30-27(23)33-32-26)17-7-9-29-10-8-17/h2-10,12-15,31H,11H2,1H3,(H,30,32,33). The molecule has 0 spiro atoms. The molecule has 5 nitrogen and oxygen atoms in total. The van der Waals surface area contributed by atoms with E-state index in [1.165, 1.54) is 11.6 Å². The number of aromatic amines is 2. The molecule has 5 aromatic rings. The van der Waals surface area contributed by atoms with E-state index in [9.17, 15) is 4.39 Å². The van der Waals surface area contributed by atoms with E-state index in [0.29, 0.717) is 5.65 Å². The zero-order chi connectivity index (χ0) is 22.4. The summed E-state index contributed by atoms with van der Waals surface area (Å²) in [7, 11) is 0. The van der Waals surface area contributed by atoms with E-state index in [4.69, 9.17) is 0 Å². The molecule has 0 amide bonds. The number of pyridine rings is 2. The van der Waals surface area contributed by atoms with Gasteiger partial charge in [0.25, 0.3) is 0 Å². The second-order valence-corrected chi connectivity index (χ2v) is 8.29. The first-order chi connectivity index (χ1) is 16.2. The molecule has 0 unspecified atom stereocenters. The number of fused-ring (bicyclic) bond motifs is 2. The molecule has 0 aliphatic heterocycles. The van der Waals surface area contributed by atoms with Gasteiger partial charge in [0.1, 0.15) is 5.82 Å². The minimum atomic E-state index is -0.245. The highest BCUT2D eigenvalue weighted by atomic mass is 19.1. The highest BCUT2D eigenvalue weighted by molar-refractivity contribution is 5.94. The van der Waals surface area contributed by atoms with Gasteiger partial charge in [-0.2, -0.15) is 5.10 Å². The maximum absolute atomic E-state index is 14.0. The predicted molar refractivity (Wildman–Crippen MR) is 128 cm³/mol. The Morgan fingerprint density at radius 2 is 1.82 bits per heavy atom. The van der Waals surface area contributed by atoms with Crippen molar-refractivity contribution in [2.45, 2.75) is 13.3 Å². The molecule has 1 aliphatic rings. The Labute approximate surface area is 189 Å².